The van der Waals surface area contributed by atoms with Gasteiger partial charge in [0.1, 0.15) is 10.8 Å². The van der Waals surface area contributed by atoms with Crippen LogP contribution in [0.5, 0.6) is 5.75 Å². The fraction of sp³-hybridized carbons (Fsp3) is 0.273. The number of carboxylic acid groups (broad SMARTS) is 1. The fourth-order valence-electron chi connectivity index (χ4n) is 1.56. The SMILES string of the molecule is COc1ccc(Cc2nn[nH][n+]2CC(=O)O)cc1. The molecule has 0 fully saturated rings. The summed E-state index contributed by atoms with van der Waals surface area (Å²) in [6, 6.07) is 7.49. The Morgan fingerprint density at radius 1 is 1.44 bits per heavy atom. The van der Waals surface area contributed by atoms with Crippen molar-refractivity contribution in [2.75, 3.05) is 7.11 Å². The number of hydrogen-bond donors (Lipinski definition) is 2. The van der Waals surface area contributed by atoms with E-state index in [-0.39, 0.29) is 6.54 Å². The van der Waals surface area contributed by atoms with Gasteiger partial charge in [-0.1, -0.05) is 17.3 Å². The lowest BCUT2D eigenvalue weighted by Gasteiger charge is -2.00. The van der Waals surface area contributed by atoms with Crippen LogP contribution >= 0.6 is 0 Å². The topological polar surface area (TPSA) is 92.0 Å². The minimum Gasteiger partial charge on any atom is -0.497 e. The predicted octanol–water partition coefficient (Wildman–Crippen LogP) is -0.224. The fourth-order valence-corrected chi connectivity index (χ4v) is 1.56. The Bertz CT molecular complexity index is 535. The number of carboxylic acids is 1. The van der Waals surface area contributed by atoms with Gasteiger partial charge in [0, 0.05) is 0 Å². The molecule has 0 aliphatic carbocycles. The predicted molar refractivity (Wildman–Crippen MR) is 60.0 cm³/mol. The molecular formula is C11H13N4O3+. The molecule has 0 atom stereocenters. The second kappa shape index (κ2) is 5.26. The number of H-pyrrole nitrogens is 1. The van der Waals surface area contributed by atoms with Crippen LogP contribution in [0.3, 0.4) is 0 Å². The van der Waals surface area contributed by atoms with Gasteiger partial charge in [-0.3, -0.25) is 0 Å². The molecule has 0 unspecified atom stereocenters. The molecular weight excluding hydrogens is 236 g/mol. The molecule has 7 heteroatoms. The molecule has 7 nitrogen and oxygen atoms in total. The van der Waals surface area contributed by atoms with E-state index < -0.39 is 5.97 Å². The summed E-state index contributed by atoms with van der Waals surface area (Å²) in [6.45, 7) is -0.182. The number of aromatic amines is 1. The summed E-state index contributed by atoms with van der Waals surface area (Å²) in [5, 5.41) is 18.7. The molecule has 1 aromatic carbocycles. The van der Waals surface area contributed by atoms with Crippen LogP contribution in [0.15, 0.2) is 24.3 Å². The number of ether oxygens (including phenoxy) is 1. The molecule has 0 amide bonds. The number of methoxy groups -OCH3 is 1. The van der Waals surface area contributed by atoms with E-state index in [1.807, 2.05) is 24.3 Å². The summed E-state index contributed by atoms with van der Waals surface area (Å²) in [5.74, 6) is 0.405. The quantitative estimate of drug-likeness (QED) is 0.714. The molecule has 18 heavy (non-hydrogen) atoms. The summed E-state index contributed by atoms with van der Waals surface area (Å²) in [5.41, 5.74) is 1.00. The number of rotatable bonds is 5. The van der Waals surface area contributed by atoms with Gasteiger partial charge < -0.3 is 9.84 Å². The van der Waals surface area contributed by atoms with Crippen LogP contribution in [0.2, 0.25) is 0 Å². The highest BCUT2D eigenvalue weighted by molar-refractivity contribution is 5.64. The molecule has 0 saturated carbocycles. The zero-order valence-corrected chi connectivity index (χ0v) is 9.83. The van der Waals surface area contributed by atoms with Crippen molar-refractivity contribution in [3.05, 3.63) is 35.7 Å². The number of aromatic nitrogens is 4. The first kappa shape index (κ1) is 12.0. The summed E-state index contributed by atoms with van der Waals surface area (Å²) in [7, 11) is 1.60. The van der Waals surface area contributed by atoms with Crippen LogP contribution in [0.25, 0.3) is 0 Å². The van der Waals surface area contributed by atoms with Crippen molar-refractivity contribution < 1.29 is 19.3 Å². The third-order valence-electron chi connectivity index (χ3n) is 2.46. The standard InChI is InChI=1S/C11H12N4O3/c1-18-9-4-2-8(3-5-9)6-10-12-13-14-15(10)7-11(16)17/h2-5H,6-7H2,1H3,(H,16,17)/p+1. The first-order chi connectivity index (χ1) is 8.69. The Morgan fingerprint density at radius 2 is 2.17 bits per heavy atom. The molecule has 0 aliphatic rings. The largest absolute Gasteiger partial charge is 0.497 e. The van der Waals surface area contributed by atoms with Gasteiger partial charge in [0.2, 0.25) is 0 Å². The average Bonchev–Trinajstić information content (AvgIpc) is 2.77. The van der Waals surface area contributed by atoms with E-state index in [2.05, 4.69) is 15.5 Å². The van der Waals surface area contributed by atoms with E-state index in [0.29, 0.717) is 12.2 Å². The van der Waals surface area contributed by atoms with Crippen LogP contribution in [-0.2, 0) is 17.8 Å². The number of tetrazole rings is 1. The van der Waals surface area contributed by atoms with Crippen LogP contribution in [0, 0.1) is 0 Å². The zero-order chi connectivity index (χ0) is 13.0. The molecule has 0 saturated heterocycles. The van der Waals surface area contributed by atoms with Crippen molar-refractivity contribution in [3.8, 4) is 5.75 Å². The Hall–Kier alpha value is -2.44. The summed E-state index contributed by atoms with van der Waals surface area (Å²) in [4.78, 5) is 10.6. The number of nitrogens with one attached hydrogen (secondary N) is 1. The molecule has 2 rings (SSSR count). The van der Waals surface area contributed by atoms with Crippen LogP contribution in [-0.4, -0.2) is 33.7 Å². The first-order valence-electron chi connectivity index (χ1n) is 5.33. The van der Waals surface area contributed by atoms with Crippen molar-refractivity contribution in [2.45, 2.75) is 13.0 Å². The van der Waals surface area contributed by atoms with Gasteiger partial charge in [0.05, 0.1) is 13.5 Å². The van der Waals surface area contributed by atoms with Gasteiger partial charge in [-0.15, -0.1) is 0 Å². The Balaban J connectivity index is 2.12. The Labute approximate surface area is 103 Å². The molecule has 94 valence electrons. The average molecular weight is 249 g/mol. The molecule has 1 aromatic heterocycles. The maximum Gasteiger partial charge on any atom is 0.340 e. The van der Waals surface area contributed by atoms with Crippen LogP contribution < -0.4 is 9.42 Å². The van der Waals surface area contributed by atoms with Gasteiger partial charge in [0.25, 0.3) is 0 Å². The number of hydrogen-bond acceptors (Lipinski definition) is 4. The third kappa shape index (κ3) is 2.82. The first-order valence-corrected chi connectivity index (χ1v) is 5.33. The second-order valence-electron chi connectivity index (χ2n) is 3.72. The van der Waals surface area contributed by atoms with Crippen LogP contribution in [0.1, 0.15) is 11.4 Å². The minimum atomic E-state index is -0.943. The van der Waals surface area contributed by atoms with Gasteiger partial charge in [-0.2, -0.15) is 4.68 Å². The molecule has 1 heterocycles. The Morgan fingerprint density at radius 3 is 2.78 bits per heavy atom. The van der Waals surface area contributed by atoms with Crippen molar-refractivity contribution in [2.24, 2.45) is 0 Å². The van der Waals surface area contributed by atoms with E-state index in [0.717, 1.165) is 11.3 Å². The van der Waals surface area contributed by atoms with Gasteiger partial charge in [-0.25, -0.2) is 4.79 Å². The van der Waals surface area contributed by atoms with Gasteiger partial charge in [-0.05, 0) is 17.7 Å². The molecule has 2 aromatic rings. The lowest BCUT2D eigenvalue weighted by Crippen LogP contribution is -2.43. The molecule has 0 spiro atoms. The van der Waals surface area contributed by atoms with Crippen molar-refractivity contribution in [1.82, 2.24) is 15.5 Å². The number of aliphatic carboxylic acids is 1. The maximum atomic E-state index is 10.6. The zero-order valence-electron chi connectivity index (χ0n) is 9.83. The summed E-state index contributed by atoms with van der Waals surface area (Å²) in [6.07, 6.45) is 0.508. The van der Waals surface area contributed by atoms with E-state index >= 15 is 0 Å². The van der Waals surface area contributed by atoms with E-state index in [9.17, 15) is 4.79 Å². The lowest BCUT2D eigenvalue weighted by atomic mass is 10.1. The highest BCUT2D eigenvalue weighted by Crippen LogP contribution is 2.12. The third-order valence-corrected chi connectivity index (χ3v) is 2.46. The molecule has 0 aliphatic heterocycles. The van der Waals surface area contributed by atoms with Crippen molar-refractivity contribution in [1.29, 1.82) is 0 Å². The minimum absolute atomic E-state index is 0.182. The normalized spacial score (nSPS) is 10.3. The molecule has 0 bridgehead atoms. The van der Waals surface area contributed by atoms with Gasteiger partial charge in [0.15, 0.2) is 11.8 Å². The van der Waals surface area contributed by atoms with Crippen molar-refractivity contribution >= 4 is 5.97 Å². The smallest absolute Gasteiger partial charge is 0.340 e. The maximum absolute atomic E-state index is 10.6. The number of benzene rings is 1. The number of carbonyl (C=O) groups is 1. The van der Waals surface area contributed by atoms with E-state index in [1.54, 1.807) is 7.11 Å². The lowest BCUT2D eigenvalue weighted by molar-refractivity contribution is -0.750. The monoisotopic (exact) mass is 249 g/mol. The highest BCUT2D eigenvalue weighted by atomic mass is 16.5. The van der Waals surface area contributed by atoms with Gasteiger partial charge >= 0.3 is 11.8 Å². The van der Waals surface area contributed by atoms with E-state index in [4.69, 9.17) is 9.84 Å². The summed E-state index contributed by atoms with van der Waals surface area (Å²) >= 11 is 0. The summed E-state index contributed by atoms with van der Waals surface area (Å²) < 4.78 is 6.46. The Kier molecular flexibility index (Phi) is 3.52. The van der Waals surface area contributed by atoms with E-state index in [1.165, 1.54) is 4.68 Å². The second-order valence-corrected chi connectivity index (χ2v) is 3.72. The molecule has 2 N–H and O–H groups in total. The highest BCUT2D eigenvalue weighted by Gasteiger charge is 2.17. The molecule has 0 radical (unpaired) electrons. The number of nitrogens with zero attached hydrogens (tertiary/aromatic N) is 3. The van der Waals surface area contributed by atoms with Crippen LogP contribution in [0.4, 0.5) is 0 Å². The van der Waals surface area contributed by atoms with Crippen molar-refractivity contribution in [3.63, 3.8) is 0 Å².